The molecule has 0 amide bonds. The summed E-state index contributed by atoms with van der Waals surface area (Å²) in [6.45, 7) is 0.157. The van der Waals surface area contributed by atoms with Gasteiger partial charge in [-0.3, -0.25) is 15.0 Å². The molecule has 0 aliphatic rings. The van der Waals surface area contributed by atoms with Gasteiger partial charge < -0.3 is 10.6 Å². The summed E-state index contributed by atoms with van der Waals surface area (Å²) in [5.74, 6) is -2.85. The summed E-state index contributed by atoms with van der Waals surface area (Å²) >= 11 is 25.0. The van der Waals surface area contributed by atoms with Gasteiger partial charge in [0.2, 0.25) is 0 Å². The summed E-state index contributed by atoms with van der Waals surface area (Å²) in [4.78, 5) is 12.1. The molecule has 0 atom stereocenters. The van der Waals surface area contributed by atoms with Crippen LogP contribution >= 0.6 is 69.9 Å². The molecule has 0 saturated heterocycles. The van der Waals surface area contributed by atoms with Crippen molar-refractivity contribution in [2.45, 2.75) is 41.0 Å². The van der Waals surface area contributed by atoms with Crippen LogP contribution in [0.2, 0.25) is 20.1 Å². The average Bonchev–Trinajstić information content (AvgIpc) is 3.72. The van der Waals surface area contributed by atoms with Crippen molar-refractivity contribution < 1.29 is 39.5 Å². The van der Waals surface area contributed by atoms with Crippen LogP contribution in [0.1, 0.15) is 33.9 Å². The van der Waals surface area contributed by atoms with E-state index in [-0.39, 0.29) is 79.1 Å². The maximum atomic E-state index is 13.1. The fraction of sp³-hybridized carbons (Fsp3) is 0.171. The van der Waals surface area contributed by atoms with E-state index in [1.54, 1.807) is 24.3 Å². The second-order valence-corrected chi connectivity index (χ2v) is 15.1. The molecule has 0 spiro atoms. The minimum absolute atomic E-state index is 0.0457. The minimum atomic E-state index is -4.70. The predicted octanol–water partition coefficient (Wildman–Crippen LogP) is 11.9. The molecule has 0 aliphatic heterocycles. The minimum Gasteiger partial charge on any atom is -0.363 e. The highest BCUT2D eigenvalue weighted by molar-refractivity contribution is 7.99. The second kappa shape index (κ2) is 20.2. The number of hydrogen-bond acceptors (Lipinski definition) is 11. The van der Waals surface area contributed by atoms with E-state index in [1.807, 2.05) is 6.07 Å². The Labute approximate surface area is 366 Å². The Hall–Kier alpha value is -5.10. The topological polar surface area (TPSA) is 146 Å². The van der Waals surface area contributed by atoms with Gasteiger partial charge in [-0.2, -0.15) is 55.8 Å². The molecular formula is C35H20Cl4F9N11S2. The van der Waals surface area contributed by atoms with E-state index in [9.17, 15) is 50.0 Å². The largest absolute Gasteiger partial charge is 0.416 e. The van der Waals surface area contributed by atoms with Crippen LogP contribution in [0.3, 0.4) is 0 Å². The number of hydrogen-bond donors (Lipinski definition) is 2. The van der Waals surface area contributed by atoms with Crippen LogP contribution in [-0.4, -0.2) is 46.3 Å². The lowest BCUT2D eigenvalue weighted by Gasteiger charge is -2.16. The summed E-state index contributed by atoms with van der Waals surface area (Å²) in [7, 11) is 0. The van der Waals surface area contributed by atoms with Crippen molar-refractivity contribution in [3.05, 3.63) is 121 Å². The number of rotatable bonds is 12. The number of pyridine rings is 1. The van der Waals surface area contributed by atoms with Crippen LogP contribution in [0.25, 0.3) is 11.4 Å². The van der Waals surface area contributed by atoms with Crippen molar-refractivity contribution in [3.63, 3.8) is 0 Å². The number of thioether (sulfide) groups is 2. The van der Waals surface area contributed by atoms with Gasteiger partial charge in [-0.05, 0) is 48.2 Å². The van der Waals surface area contributed by atoms with Gasteiger partial charge in [-0.25, -0.2) is 13.8 Å². The fourth-order valence-corrected chi connectivity index (χ4v) is 7.68. The zero-order valence-electron chi connectivity index (χ0n) is 29.8. The van der Waals surface area contributed by atoms with E-state index in [4.69, 9.17) is 46.4 Å². The Balaban J connectivity index is 0.000000231. The average molecular weight is 972 g/mol. The van der Waals surface area contributed by atoms with Gasteiger partial charge in [-0.1, -0.05) is 64.2 Å². The lowest BCUT2D eigenvalue weighted by Crippen LogP contribution is -2.11. The molecule has 26 heteroatoms. The number of nitriles is 2. The van der Waals surface area contributed by atoms with Crippen molar-refractivity contribution in [1.82, 2.24) is 34.5 Å². The summed E-state index contributed by atoms with van der Waals surface area (Å²) < 4.78 is 120. The Morgan fingerprint density at radius 2 is 1.16 bits per heavy atom. The van der Waals surface area contributed by atoms with Gasteiger partial charge in [0, 0.05) is 18.6 Å². The molecule has 0 aliphatic carbocycles. The molecule has 6 aromatic rings. The SMILES string of the molecule is N#Cc1nn(-c2c(Cl)cc(C(F)(F)F)cc2Cl)c(NCc2ccccn2)c1SC(F)F.N#Cc1nn(-c2c(Cl)cc(C(F)(F)F)cc2Cl)c(NCc2cnccn2)c1SCF. The maximum absolute atomic E-state index is 13.1. The molecule has 6 rings (SSSR count). The Kier molecular flexibility index (Phi) is 15.5. The van der Waals surface area contributed by atoms with E-state index in [1.165, 1.54) is 24.8 Å². The predicted molar refractivity (Wildman–Crippen MR) is 211 cm³/mol. The molecule has 0 unspecified atom stereocenters. The maximum Gasteiger partial charge on any atom is 0.416 e. The normalized spacial score (nSPS) is 11.5. The van der Waals surface area contributed by atoms with E-state index < -0.39 is 45.3 Å². The van der Waals surface area contributed by atoms with Crippen LogP contribution in [0.5, 0.6) is 0 Å². The fourth-order valence-electron chi connectivity index (χ4n) is 5.12. The molecule has 4 heterocycles. The lowest BCUT2D eigenvalue weighted by molar-refractivity contribution is -0.138. The third kappa shape index (κ3) is 11.4. The van der Waals surface area contributed by atoms with Crippen molar-refractivity contribution in [2.24, 2.45) is 0 Å². The standard InChI is InChI=1S/C18H10Cl2F5N5S.C17H10Cl2F4N6S/c19-11-5-9(18(23,24)25)6-12(20)14(11)30-16(28-8-10-3-1-2-4-27-10)15(31-17(21)22)13(7-26)29-30;18-11-3-9(17(21,22)23)4-12(19)14(11)29-16(15(30-8-20)13(5-24)28-29)27-7-10-6-25-1-2-26-10/h1-6,17,28H,8H2;1-4,6,27H,7-8H2. The number of benzene rings is 2. The first kappa shape index (κ1) is 47.0. The number of aromatic nitrogens is 7. The van der Waals surface area contributed by atoms with Crippen LogP contribution in [0.15, 0.2) is 77.0 Å². The molecule has 0 radical (unpaired) electrons. The summed E-state index contributed by atoms with van der Waals surface area (Å²) in [5.41, 5.74) is -1.89. The van der Waals surface area contributed by atoms with Gasteiger partial charge in [0.25, 0.3) is 5.76 Å². The summed E-state index contributed by atoms with van der Waals surface area (Å²) in [6.07, 6.45) is -3.41. The van der Waals surface area contributed by atoms with E-state index >= 15 is 0 Å². The van der Waals surface area contributed by atoms with E-state index in [2.05, 4.69) is 35.8 Å². The zero-order valence-corrected chi connectivity index (χ0v) is 34.5. The third-order valence-electron chi connectivity index (χ3n) is 7.63. The Bertz CT molecular complexity index is 2540. The van der Waals surface area contributed by atoms with Gasteiger partial charge in [0.05, 0.1) is 71.7 Å². The van der Waals surface area contributed by atoms with Crippen molar-refractivity contribution in [1.29, 1.82) is 10.5 Å². The Morgan fingerprint density at radius 1 is 0.689 bits per heavy atom. The summed E-state index contributed by atoms with van der Waals surface area (Å²) in [6, 6.07) is 10.4. The molecule has 318 valence electrons. The molecule has 0 fully saturated rings. The van der Waals surface area contributed by atoms with Gasteiger partial charge in [0.15, 0.2) is 11.4 Å². The van der Waals surface area contributed by atoms with E-state index in [0.29, 0.717) is 47.4 Å². The molecule has 2 aromatic carbocycles. The van der Waals surface area contributed by atoms with Gasteiger partial charge in [-0.15, -0.1) is 0 Å². The third-order valence-corrected chi connectivity index (χ3v) is 10.4. The molecule has 11 nitrogen and oxygen atoms in total. The first-order valence-corrected chi connectivity index (χ1v) is 19.7. The quantitative estimate of drug-likeness (QED) is 0.0892. The van der Waals surface area contributed by atoms with Crippen LogP contribution < -0.4 is 10.6 Å². The Morgan fingerprint density at radius 3 is 1.57 bits per heavy atom. The highest BCUT2D eigenvalue weighted by Crippen LogP contribution is 2.43. The number of alkyl halides is 9. The van der Waals surface area contributed by atoms with Crippen molar-refractivity contribution >= 4 is 81.6 Å². The van der Waals surface area contributed by atoms with Crippen molar-refractivity contribution in [3.8, 4) is 23.5 Å². The molecule has 61 heavy (non-hydrogen) atoms. The molecular weight excluding hydrogens is 951 g/mol. The molecule has 4 aromatic heterocycles. The monoisotopic (exact) mass is 969 g/mol. The number of halogens is 13. The van der Waals surface area contributed by atoms with Crippen LogP contribution in [0.4, 0.5) is 51.1 Å². The summed E-state index contributed by atoms with van der Waals surface area (Å²) in [5, 5.41) is 31.0. The lowest BCUT2D eigenvalue weighted by atomic mass is 10.2. The second-order valence-electron chi connectivity index (χ2n) is 11.5. The molecule has 0 bridgehead atoms. The highest BCUT2D eigenvalue weighted by atomic mass is 35.5. The molecule has 0 saturated carbocycles. The number of anilines is 2. The van der Waals surface area contributed by atoms with E-state index in [0.717, 1.165) is 9.36 Å². The number of nitrogens with one attached hydrogen (secondary N) is 2. The van der Waals surface area contributed by atoms with Crippen LogP contribution in [-0.2, 0) is 25.4 Å². The molecule has 2 N–H and O–H groups in total. The highest BCUT2D eigenvalue weighted by Gasteiger charge is 2.35. The smallest absolute Gasteiger partial charge is 0.363 e. The first-order valence-electron chi connectivity index (χ1n) is 16.3. The van der Waals surface area contributed by atoms with Crippen LogP contribution in [0, 0.1) is 22.7 Å². The zero-order chi connectivity index (χ0) is 44.6. The van der Waals surface area contributed by atoms with Gasteiger partial charge >= 0.3 is 12.4 Å². The first-order chi connectivity index (χ1) is 28.9. The van der Waals surface area contributed by atoms with Crippen molar-refractivity contribution in [2.75, 3.05) is 16.6 Å². The van der Waals surface area contributed by atoms with Gasteiger partial charge in [0.1, 0.15) is 41.2 Å². The number of nitrogens with zero attached hydrogens (tertiary/aromatic N) is 9.